The van der Waals surface area contributed by atoms with Gasteiger partial charge in [0.15, 0.2) is 0 Å². The number of aryl methyl sites for hydroxylation is 2. The first-order valence-electron chi connectivity index (χ1n) is 7.93. The van der Waals surface area contributed by atoms with Crippen molar-refractivity contribution in [3.8, 4) is 0 Å². The van der Waals surface area contributed by atoms with Crippen molar-refractivity contribution in [2.24, 2.45) is 0 Å². The number of hydrogen-bond donors (Lipinski definition) is 2. The molecule has 0 aliphatic rings. The lowest BCUT2D eigenvalue weighted by Gasteiger charge is -2.13. The standard InChI is InChI=1S/C19H22N2O3S/c1-4-5-9-18(22)20-16-10-12-17(13-11-16)25(23,24)21-19-14(2)7-6-8-15(19)3/h4,6-8,10-13,21H,1,5,9H2,2-3H3,(H,20,22). The highest BCUT2D eigenvalue weighted by Gasteiger charge is 2.16. The van der Waals surface area contributed by atoms with Gasteiger partial charge in [0.1, 0.15) is 0 Å². The third-order valence-electron chi connectivity index (χ3n) is 3.74. The second-order valence-electron chi connectivity index (χ2n) is 5.77. The van der Waals surface area contributed by atoms with Crippen molar-refractivity contribution in [2.75, 3.05) is 10.0 Å². The number of allylic oxidation sites excluding steroid dienone is 1. The van der Waals surface area contributed by atoms with Crippen LogP contribution in [-0.2, 0) is 14.8 Å². The lowest BCUT2D eigenvalue weighted by Crippen LogP contribution is -2.15. The fourth-order valence-corrected chi connectivity index (χ4v) is 3.55. The average Bonchev–Trinajstić information content (AvgIpc) is 2.57. The number of nitrogens with one attached hydrogen (secondary N) is 2. The van der Waals surface area contributed by atoms with Gasteiger partial charge in [-0.3, -0.25) is 9.52 Å². The molecule has 2 N–H and O–H groups in total. The summed E-state index contributed by atoms with van der Waals surface area (Å²) in [6.45, 7) is 7.28. The van der Waals surface area contributed by atoms with Crippen LogP contribution in [0, 0.1) is 13.8 Å². The quantitative estimate of drug-likeness (QED) is 0.734. The third kappa shape index (κ3) is 4.93. The lowest BCUT2D eigenvalue weighted by atomic mass is 10.1. The summed E-state index contributed by atoms with van der Waals surface area (Å²) < 4.78 is 27.8. The molecule has 2 aromatic rings. The molecule has 0 aliphatic carbocycles. The van der Waals surface area contributed by atoms with Gasteiger partial charge in [0.25, 0.3) is 10.0 Å². The maximum Gasteiger partial charge on any atom is 0.261 e. The van der Waals surface area contributed by atoms with Gasteiger partial charge in [-0.1, -0.05) is 24.3 Å². The van der Waals surface area contributed by atoms with Gasteiger partial charge in [-0.05, 0) is 55.7 Å². The summed E-state index contributed by atoms with van der Waals surface area (Å²) >= 11 is 0. The van der Waals surface area contributed by atoms with E-state index in [0.29, 0.717) is 24.2 Å². The van der Waals surface area contributed by atoms with Crippen LogP contribution < -0.4 is 10.0 Å². The van der Waals surface area contributed by atoms with Crippen molar-refractivity contribution in [2.45, 2.75) is 31.6 Å². The molecule has 132 valence electrons. The molecule has 0 aromatic heterocycles. The lowest BCUT2D eigenvalue weighted by molar-refractivity contribution is -0.116. The molecular weight excluding hydrogens is 336 g/mol. The SMILES string of the molecule is C=CCCC(=O)Nc1ccc(S(=O)(=O)Nc2c(C)cccc2C)cc1. The van der Waals surface area contributed by atoms with E-state index in [2.05, 4.69) is 16.6 Å². The van der Waals surface area contributed by atoms with Crippen LogP contribution in [0.5, 0.6) is 0 Å². The molecule has 25 heavy (non-hydrogen) atoms. The van der Waals surface area contributed by atoms with Crippen molar-refractivity contribution >= 4 is 27.3 Å². The molecule has 0 bridgehead atoms. The van der Waals surface area contributed by atoms with Crippen LogP contribution in [0.15, 0.2) is 60.0 Å². The zero-order valence-corrected chi connectivity index (χ0v) is 15.2. The Kier molecular flexibility index (Phi) is 5.98. The van der Waals surface area contributed by atoms with Crippen molar-refractivity contribution in [3.63, 3.8) is 0 Å². The molecule has 0 atom stereocenters. The Hall–Kier alpha value is -2.60. The topological polar surface area (TPSA) is 75.3 Å². The molecule has 0 saturated carbocycles. The summed E-state index contributed by atoms with van der Waals surface area (Å²) in [6.07, 6.45) is 2.62. The fraction of sp³-hybridized carbons (Fsp3) is 0.211. The molecular formula is C19H22N2O3S. The number of rotatable bonds is 7. The second-order valence-corrected chi connectivity index (χ2v) is 7.45. The number of hydrogen-bond acceptors (Lipinski definition) is 3. The van der Waals surface area contributed by atoms with Gasteiger partial charge in [0.2, 0.25) is 5.91 Å². The zero-order chi connectivity index (χ0) is 18.4. The Labute approximate surface area is 148 Å². The highest BCUT2D eigenvalue weighted by molar-refractivity contribution is 7.92. The molecule has 2 rings (SSSR count). The van der Waals surface area contributed by atoms with E-state index < -0.39 is 10.0 Å². The van der Waals surface area contributed by atoms with Crippen molar-refractivity contribution < 1.29 is 13.2 Å². The van der Waals surface area contributed by atoms with E-state index in [1.54, 1.807) is 18.2 Å². The Balaban J connectivity index is 2.15. The van der Waals surface area contributed by atoms with Crippen LogP contribution in [0.4, 0.5) is 11.4 Å². The number of carbonyl (C=O) groups excluding carboxylic acids is 1. The largest absolute Gasteiger partial charge is 0.326 e. The number of para-hydroxylation sites is 1. The summed E-state index contributed by atoms with van der Waals surface area (Å²) in [7, 11) is -3.69. The van der Waals surface area contributed by atoms with Gasteiger partial charge in [0.05, 0.1) is 10.6 Å². The molecule has 0 saturated heterocycles. The van der Waals surface area contributed by atoms with E-state index in [0.717, 1.165) is 11.1 Å². The molecule has 0 fully saturated rings. The van der Waals surface area contributed by atoms with Crippen molar-refractivity contribution in [1.29, 1.82) is 0 Å². The first-order valence-corrected chi connectivity index (χ1v) is 9.41. The minimum atomic E-state index is -3.69. The number of amides is 1. The van der Waals surface area contributed by atoms with Gasteiger partial charge in [-0.25, -0.2) is 8.42 Å². The van der Waals surface area contributed by atoms with E-state index in [1.807, 2.05) is 32.0 Å². The maximum absolute atomic E-state index is 12.6. The molecule has 0 radical (unpaired) electrons. The Morgan fingerprint density at radius 3 is 2.24 bits per heavy atom. The highest BCUT2D eigenvalue weighted by atomic mass is 32.2. The molecule has 0 spiro atoms. The van der Waals surface area contributed by atoms with Crippen LogP contribution in [-0.4, -0.2) is 14.3 Å². The van der Waals surface area contributed by atoms with E-state index in [4.69, 9.17) is 0 Å². The van der Waals surface area contributed by atoms with Gasteiger partial charge in [-0.15, -0.1) is 6.58 Å². The Morgan fingerprint density at radius 2 is 1.68 bits per heavy atom. The predicted molar refractivity (Wildman–Crippen MR) is 101 cm³/mol. The molecule has 0 unspecified atom stereocenters. The van der Waals surface area contributed by atoms with Crippen LogP contribution in [0.25, 0.3) is 0 Å². The maximum atomic E-state index is 12.6. The molecule has 0 heterocycles. The van der Waals surface area contributed by atoms with Crippen LogP contribution in [0.1, 0.15) is 24.0 Å². The summed E-state index contributed by atoms with van der Waals surface area (Å²) in [6, 6.07) is 11.7. The smallest absolute Gasteiger partial charge is 0.261 e. The summed E-state index contributed by atoms with van der Waals surface area (Å²) in [5.41, 5.74) is 2.86. The van der Waals surface area contributed by atoms with Gasteiger partial charge >= 0.3 is 0 Å². The van der Waals surface area contributed by atoms with Gasteiger partial charge in [-0.2, -0.15) is 0 Å². The summed E-state index contributed by atoms with van der Waals surface area (Å²) in [4.78, 5) is 11.8. The molecule has 5 nitrogen and oxygen atoms in total. The van der Waals surface area contributed by atoms with Crippen molar-refractivity contribution in [3.05, 3.63) is 66.2 Å². The van der Waals surface area contributed by atoms with Gasteiger partial charge in [0, 0.05) is 12.1 Å². The third-order valence-corrected chi connectivity index (χ3v) is 5.11. The highest BCUT2D eigenvalue weighted by Crippen LogP contribution is 2.24. The Morgan fingerprint density at radius 1 is 1.08 bits per heavy atom. The predicted octanol–water partition coefficient (Wildman–Crippen LogP) is 4.01. The fourth-order valence-electron chi connectivity index (χ4n) is 2.34. The monoisotopic (exact) mass is 358 g/mol. The normalized spacial score (nSPS) is 11.0. The summed E-state index contributed by atoms with van der Waals surface area (Å²) in [5, 5.41) is 2.72. The van der Waals surface area contributed by atoms with E-state index in [1.165, 1.54) is 12.1 Å². The van der Waals surface area contributed by atoms with Gasteiger partial charge < -0.3 is 5.32 Å². The van der Waals surface area contributed by atoms with E-state index in [9.17, 15) is 13.2 Å². The molecule has 2 aromatic carbocycles. The number of benzene rings is 2. The molecule has 0 aliphatic heterocycles. The number of anilines is 2. The van der Waals surface area contributed by atoms with E-state index in [-0.39, 0.29) is 10.8 Å². The van der Waals surface area contributed by atoms with Crippen LogP contribution in [0.2, 0.25) is 0 Å². The molecule has 6 heteroatoms. The number of carbonyl (C=O) groups is 1. The minimum absolute atomic E-state index is 0.135. The van der Waals surface area contributed by atoms with Crippen LogP contribution in [0.3, 0.4) is 0 Å². The van der Waals surface area contributed by atoms with Crippen LogP contribution >= 0.6 is 0 Å². The zero-order valence-electron chi connectivity index (χ0n) is 14.4. The first kappa shape index (κ1) is 18.7. The van der Waals surface area contributed by atoms with Crippen molar-refractivity contribution in [1.82, 2.24) is 0 Å². The molecule has 1 amide bonds. The summed E-state index contributed by atoms with van der Waals surface area (Å²) in [5.74, 6) is -0.135. The average molecular weight is 358 g/mol. The minimum Gasteiger partial charge on any atom is -0.326 e. The number of sulfonamides is 1. The Bertz CT molecular complexity index is 852. The second kappa shape index (κ2) is 7.98. The van der Waals surface area contributed by atoms with E-state index >= 15 is 0 Å². The first-order chi connectivity index (χ1) is 11.8.